The minimum absolute atomic E-state index is 0.172. The Labute approximate surface area is 811 Å². The molecular weight excluding hydrogens is 2220 g/mol. The zero-order chi connectivity index (χ0) is 94.0. The number of ether oxygens (including phenoxy) is 7. The standard InChI is InChI=1S/C29H56O10Si8.C22H46O12Si8.C20H46O11Si5.I2/c1-29(2,25-13-17-27(18-14-25)30-21-11-23-46(9)36-42(5)32-40(3)33-43(6)37-46)26-15-19-28(20-16-26)31-22-12-24-47(10)38-44(7)34-41(4)35-45(8)39-47;1-35-27-37(3)31-41(7,32-38(4)28-35)17-9-15-25-21(23)19-11-13-20(14-12-19)22(24)26-16-10-18-42(8)33-39(5)29-36(2)30-40(6)34-42;1-18(20(21)26-12-10-14-36(22-2,23-3)24-4)17-35(8)30-33(6)28-32(5)29-34(7,31-35)13-9-11-25-15-19-16-27-19;1-2/h13-20,40-45H,11-12,21-24H2,1-10H3;11-14,35-40H,9-10,15-18H2,1-8H3;18-19,32-33H,9-17H2,1-8H3;. The Hall–Kier alpha value is 0.685. The van der Waals surface area contributed by atoms with Crippen LogP contribution in [0.5, 0.6) is 11.5 Å². The first-order valence-corrected chi connectivity index (χ1v) is 97.0. The van der Waals surface area contributed by atoms with Gasteiger partial charge in [0, 0.05) is 82.7 Å². The molecule has 0 bridgehead atoms. The summed E-state index contributed by atoms with van der Waals surface area (Å²) in [6.07, 6.45) is 4.67. The fourth-order valence-corrected chi connectivity index (χ4v) is 93.7. The van der Waals surface area contributed by atoms with E-state index in [2.05, 4.69) is 159 Å². The molecule has 0 amide bonds. The van der Waals surface area contributed by atoms with Gasteiger partial charge in [-0.15, -0.1) is 0 Å². The van der Waals surface area contributed by atoms with Crippen molar-refractivity contribution >= 4 is 245 Å². The van der Waals surface area contributed by atoms with Crippen LogP contribution in [0.1, 0.15) is 91.1 Å². The van der Waals surface area contributed by atoms with E-state index >= 15 is 0 Å². The summed E-state index contributed by atoms with van der Waals surface area (Å²) in [5.41, 5.74) is 3.01. The third-order valence-corrected chi connectivity index (χ3v) is 95.9. The molecule has 14 atom stereocenters. The van der Waals surface area contributed by atoms with Gasteiger partial charge in [-0.3, -0.25) is 4.79 Å². The minimum atomic E-state index is -2.76. The van der Waals surface area contributed by atoms with Crippen molar-refractivity contribution in [3.63, 3.8) is 0 Å². The normalized spacial score (nSPS) is 32.5. The van der Waals surface area contributed by atoms with Crippen molar-refractivity contribution in [1.29, 1.82) is 0 Å². The lowest BCUT2D eigenvalue weighted by molar-refractivity contribution is -0.147. The number of carbonyl (C=O) groups excluding carboxylic acids is 3. The summed E-state index contributed by atoms with van der Waals surface area (Å²) >= 11 is 4.24. The van der Waals surface area contributed by atoms with Gasteiger partial charge in [0.25, 0.3) is 130 Å². The molecule has 0 spiro atoms. The molecule has 3 aromatic carbocycles. The molecule has 14 unspecified atom stereocenters. The van der Waals surface area contributed by atoms with Crippen LogP contribution < -0.4 is 9.47 Å². The average Bonchev–Trinajstić information content (AvgIpc) is 1.51. The van der Waals surface area contributed by atoms with E-state index in [-0.39, 0.29) is 43.2 Å². The highest BCUT2D eigenvalue weighted by atomic mass is 128. The van der Waals surface area contributed by atoms with Gasteiger partial charge < -0.3 is 129 Å². The minimum Gasteiger partial charge on any atom is -0.494 e. The molecule has 6 aliphatic heterocycles. The number of hydrogen-bond donors (Lipinski definition) is 0. The quantitative estimate of drug-likeness (QED) is 0.0128. The van der Waals surface area contributed by atoms with Crippen molar-refractivity contribution in [3.05, 3.63) is 95.1 Å². The molecule has 6 aliphatic rings. The molecule has 3 aromatic rings. The van der Waals surface area contributed by atoms with Gasteiger partial charge in [-0.05, 0) is 259 Å². The second kappa shape index (κ2) is 57.4. The zero-order valence-corrected chi connectivity index (χ0v) is 107. The predicted molar refractivity (Wildman–Crippen MR) is 553 cm³/mol. The van der Waals surface area contributed by atoms with Gasteiger partial charge in [-0.25, -0.2) is 9.59 Å². The summed E-state index contributed by atoms with van der Waals surface area (Å²) in [6, 6.07) is 28.1. The lowest BCUT2D eigenvalue weighted by Gasteiger charge is -2.43. The molecule has 9 rings (SSSR count). The van der Waals surface area contributed by atoms with Crippen LogP contribution in [-0.2, 0) is 129 Å². The van der Waals surface area contributed by atoms with E-state index in [1.807, 2.05) is 78.9 Å². The lowest BCUT2D eigenvalue weighted by atomic mass is 9.78. The third kappa shape index (κ3) is 43.5. The summed E-state index contributed by atoms with van der Waals surface area (Å²) in [7, 11) is -37.4. The molecule has 56 heteroatoms. The Bertz CT molecular complexity index is 3430. The first-order chi connectivity index (χ1) is 59.9. The predicted octanol–water partition coefficient (Wildman–Crippen LogP) is 11.1. The van der Waals surface area contributed by atoms with E-state index in [1.54, 1.807) is 45.6 Å². The largest absolute Gasteiger partial charge is 0.500 e. The Balaban J connectivity index is 0.000000294. The summed E-state index contributed by atoms with van der Waals surface area (Å²) < 4.78 is 180. The van der Waals surface area contributed by atoms with E-state index in [0.29, 0.717) is 81.0 Å². The van der Waals surface area contributed by atoms with Crippen molar-refractivity contribution in [2.24, 2.45) is 5.92 Å². The number of esters is 3. The number of rotatable bonds is 38. The molecule has 728 valence electrons. The maximum atomic E-state index is 12.8. The third-order valence-electron chi connectivity index (χ3n) is 21.2. The van der Waals surface area contributed by atoms with Crippen LogP contribution in [0, 0.1) is 5.92 Å². The average molecular weight is 2370 g/mol. The van der Waals surface area contributed by atoms with Crippen molar-refractivity contribution in [2.45, 2.75) is 244 Å². The number of hydrogen-bond acceptors (Lipinski definition) is 33. The molecule has 33 nitrogen and oxygen atoms in total. The molecule has 0 radical (unpaired) electrons. The van der Waals surface area contributed by atoms with Crippen molar-refractivity contribution < 1.29 is 143 Å². The van der Waals surface area contributed by atoms with Gasteiger partial charge in [0.2, 0.25) is 0 Å². The van der Waals surface area contributed by atoms with Crippen LogP contribution in [0.4, 0.5) is 0 Å². The summed E-state index contributed by atoms with van der Waals surface area (Å²) in [4.78, 5) is 37.9. The van der Waals surface area contributed by atoms with Crippen molar-refractivity contribution in [3.8, 4) is 11.5 Å². The van der Waals surface area contributed by atoms with Crippen LogP contribution in [-0.4, -0.2) is 288 Å². The van der Waals surface area contributed by atoms with Gasteiger partial charge >= 0.3 is 78.1 Å². The fraction of sp³-hybridized carbons (Fsp3) is 0.704. The molecule has 0 aliphatic carbocycles. The highest BCUT2D eigenvalue weighted by molar-refractivity contribution is 15.0. The van der Waals surface area contributed by atoms with Crippen molar-refractivity contribution in [1.82, 2.24) is 0 Å². The first kappa shape index (κ1) is 116. The number of epoxide rings is 1. The van der Waals surface area contributed by atoms with E-state index in [1.165, 1.54) is 11.1 Å². The van der Waals surface area contributed by atoms with E-state index in [0.717, 1.165) is 55.5 Å². The Morgan fingerprint density at radius 2 is 0.669 bits per heavy atom. The van der Waals surface area contributed by atoms with E-state index in [9.17, 15) is 14.4 Å². The number of carbonyl (C=O) groups is 3. The Morgan fingerprint density at radius 1 is 0.394 bits per heavy atom. The molecule has 6 fully saturated rings. The van der Waals surface area contributed by atoms with Crippen LogP contribution in [0.3, 0.4) is 0 Å². The maximum absolute atomic E-state index is 12.8. The van der Waals surface area contributed by atoms with Crippen LogP contribution in [0.25, 0.3) is 0 Å². The molecule has 0 N–H and O–H groups in total. The Morgan fingerprint density at radius 3 is 0.984 bits per heavy atom. The van der Waals surface area contributed by atoms with Gasteiger partial charge in [0.1, 0.15) is 17.6 Å². The molecule has 6 heterocycles. The number of halogens is 2. The maximum Gasteiger partial charge on any atom is 0.500 e. The second-order valence-electron chi connectivity index (χ2n) is 33.7. The zero-order valence-electron chi connectivity index (χ0n) is 79.7. The topological polar surface area (TPSA) is 331 Å². The first-order valence-electron chi connectivity index (χ1n) is 44.3. The van der Waals surface area contributed by atoms with E-state index < -0.39 is 202 Å². The fourth-order valence-electron chi connectivity index (χ4n) is 15.6. The summed E-state index contributed by atoms with van der Waals surface area (Å²) in [5.74, 6) is 0.205. The molecule has 0 saturated carbocycles. The molecule has 127 heavy (non-hydrogen) atoms. The summed E-state index contributed by atoms with van der Waals surface area (Å²) in [6.45, 7) is 51.3. The van der Waals surface area contributed by atoms with Crippen LogP contribution in [0.2, 0.25) is 173 Å². The van der Waals surface area contributed by atoms with Gasteiger partial charge in [-0.1, -0.05) is 45.0 Å². The van der Waals surface area contributed by atoms with Gasteiger partial charge in [0.05, 0.1) is 63.3 Å². The molecule has 0 aromatic heterocycles. The SMILES string of the molecule is CO[Si](CCCOC(=O)C(C)C[Si]1(C)O[SiH](C)O[SiH](C)O[Si](C)(CCCOCC2CO2)O1)(OC)OC.C[SiH]1O[SiH](C)O[Si](C)(CCCOC(=O)c2ccc(C(=O)OCCC[Si]3(C)O[SiH](C)O[SiH](C)O[SiH](C)O3)cc2)O[SiH](C)O1.C[SiH]1O[SiH](C)O[Si](C)(CCCOc2ccc(C(C)(C)c3ccc(OCCC[Si]4(C)O[SiH](C)O[SiH](C)O[SiH](C)O4)cc3)cc2)O[SiH](C)O1.II. The second-order valence-corrected chi connectivity index (χ2v) is 89.2. The van der Waals surface area contributed by atoms with Gasteiger partial charge in [0.15, 0.2) is 0 Å². The van der Waals surface area contributed by atoms with Gasteiger partial charge in [-0.2, -0.15) is 0 Å². The highest BCUT2D eigenvalue weighted by Crippen LogP contribution is 2.37. The summed E-state index contributed by atoms with van der Waals surface area (Å²) in [5, 5.41) is 0. The molecular formula is C71H148I2O33Si21. The van der Waals surface area contributed by atoms with Crippen molar-refractivity contribution in [2.75, 3.05) is 74.2 Å². The van der Waals surface area contributed by atoms with E-state index in [4.69, 9.17) is 129 Å². The molecule has 6 saturated heterocycles. The Kier molecular flexibility index (Phi) is 52.6. The highest BCUT2D eigenvalue weighted by Gasteiger charge is 2.50. The lowest BCUT2D eigenvalue weighted by Crippen LogP contribution is -2.59. The smallest absolute Gasteiger partial charge is 0.494 e. The monoisotopic (exact) mass is 2370 g/mol. The number of benzene rings is 3. The van der Waals surface area contributed by atoms with Crippen LogP contribution >= 0.6 is 37.2 Å². The van der Waals surface area contributed by atoms with Crippen LogP contribution in [0.15, 0.2) is 72.8 Å².